The summed E-state index contributed by atoms with van der Waals surface area (Å²) in [6.07, 6.45) is -0.699. The molecule has 0 bridgehead atoms. The number of likely N-dealkylation sites (N-methyl/N-ethyl adjacent to an activating group) is 1. The lowest BCUT2D eigenvalue weighted by Gasteiger charge is -2.40. The second-order valence-electron chi connectivity index (χ2n) is 9.23. The lowest BCUT2D eigenvalue weighted by Crippen LogP contribution is -2.46. The number of anilines is 1. The topological polar surface area (TPSA) is 84.4 Å². The van der Waals surface area contributed by atoms with E-state index in [0.717, 1.165) is 24.5 Å². The van der Waals surface area contributed by atoms with Gasteiger partial charge in [-0.05, 0) is 79.0 Å². The SMILES string of the molecule is CN(C)[C@H]1C[C@@H](c2cccc(C(F)(F)F)c2)CC[C@@H]1Oc1cc(F)c(S(=O)(=O)Nc2ccncn2)cc1Br. The molecule has 1 aliphatic rings. The first-order valence-electron chi connectivity index (χ1n) is 11.6. The number of rotatable bonds is 7. The highest BCUT2D eigenvalue weighted by Gasteiger charge is 2.36. The van der Waals surface area contributed by atoms with Gasteiger partial charge >= 0.3 is 6.18 Å². The van der Waals surface area contributed by atoms with E-state index in [1.54, 1.807) is 6.07 Å². The molecule has 7 nitrogen and oxygen atoms in total. The Labute approximate surface area is 226 Å². The quantitative estimate of drug-likeness (QED) is 0.336. The molecule has 1 aliphatic carbocycles. The molecular formula is C25H25BrF4N4O3S. The van der Waals surface area contributed by atoms with E-state index < -0.39 is 38.6 Å². The van der Waals surface area contributed by atoms with Gasteiger partial charge in [0.25, 0.3) is 10.0 Å². The molecule has 2 aromatic carbocycles. The van der Waals surface area contributed by atoms with Crippen molar-refractivity contribution in [2.45, 2.75) is 48.4 Å². The van der Waals surface area contributed by atoms with Crippen LogP contribution in [-0.4, -0.2) is 49.5 Å². The summed E-state index contributed by atoms with van der Waals surface area (Å²) >= 11 is 3.29. The third-order valence-electron chi connectivity index (χ3n) is 6.48. The second kappa shape index (κ2) is 11.1. The molecule has 3 aromatic rings. The van der Waals surface area contributed by atoms with Gasteiger partial charge < -0.3 is 9.64 Å². The fourth-order valence-corrected chi connectivity index (χ4v) is 6.27. The molecular weight excluding hydrogens is 592 g/mol. The van der Waals surface area contributed by atoms with Crippen LogP contribution < -0.4 is 9.46 Å². The van der Waals surface area contributed by atoms with E-state index in [1.165, 1.54) is 24.4 Å². The van der Waals surface area contributed by atoms with Crippen LogP contribution in [0.25, 0.3) is 0 Å². The van der Waals surface area contributed by atoms with Gasteiger partial charge in [-0.25, -0.2) is 22.8 Å². The van der Waals surface area contributed by atoms with Gasteiger partial charge in [-0.2, -0.15) is 13.2 Å². The van der Waals surface area contributed by atoms with Gasteiger partial charge in [-0.15, -0.1) is 0 Å². The lowest BCUT2D eigenvalue weighted by molar-refractivity contribution is -0.137. The average molecular weight is 617 g/mol. The first-order valence-corrected chi connectivity index (χ1v) is 13.9. The van der Waals surface area contributed by atoms with Crippen LogP contribution in [0, 0.1) is 5.82 Å². The van der Waals surface area contributed by atoms with E-state index >= 15 is 4.39 Å². The Bertz CT molecular complexity index is 1390. The number of hydrogen-bond donors (Lipinski definition) is 1. The van der Waals surface area contributed by atoms with Gasteiger partial charge in [0.15, 0.2) is 0 Å². The first kappa shape index (κ1) is 28.2. The summed E-state index contributed by atoms with van der Waals surface area (Å²) in [5, 5.41) is 0. The number of benzene rings is 2. The molecule has 1 heterocycles. The Morgan fingerprint density at radius 3 is 2.55 bits per heavy atom. The molecule has 13 heteroatoms. The fourth-order valence-electron chi connectivity index (χ4n) is 4.58. The highest BCUT2D eigenvalue weighted by atomic mass is 79.9. The number of nitrogens with one attached hydrogen (secondary N) is 1. The van der Waals surface area contributed by atoms with Crippen molar-refractivity contribution in [3.8, 4) is 5.75 Å². The van der Waals surface area contributed by atoms with Gasteiger partial charge in [0.1, 0.15) is 34.7 Å². The Morgan fingerprint density at radius 1 is 1.13 bits per heavy atom. The van der Waals surface area contributed by atoms with Crippen molar-refractivity contribution in [2.24, 2.45) is 0 Å². The maximum absolute atomic E-state index is 15.0. The van der Waals surface area contributed by atoms with Crippen LogP contribution in [0.2, 0.25) is 0 Å². The molecule has 1 fully saturated rings. The van der Waals surface area contributed by atoms with Gasteiger partial charge in [0, 0.05) is 18.3 Å². The summed E-state index contributed by atoms with van der Waals surface area (Å²) in [6, 6.07) is 8.65. The second-order valence-corrected chi connectivity index (χ2v) is 11.7. The minimum Gasteiger partial charge on any atom is -0.488 e. The maximum Gasteiger partial charge on any atom is 0.416 e. The van der Waals surface area contributed by atoms with E-state index in [1.807, 2.05) is 19.0 Å². The Morgan fingerprint density at radius 2 is 1.89 bits per heavy atom. The molecule has 1 N–H and O–H groups in total. The predicted octanol–water partition coefficient (Wildman–Crippen LogP) is 5.84. The van der Waals surface area contributed by atoms with Crippen LogP contribution in [0.5, 0.6) is 5.75 Å². The summed E-state index contributed by atoms with van der Waals surface area (Å²) in [4.78, 5) is 8.83. The van der Waals surface area contributed by atoms with Gasteiger partial charge in [0.05, 0.1) is 10.0 Å². The van der Waals surface area contributed by atoms with Crippen molar-refractivity contribution in [2.75, 3.05) is 18.8 Å². The molecule has 1 saturated carbocycles. The van der Waals surface area contributed by atoms with Crippen LogP contribution in [0.1, 0.15) is 36.3 Å². The molecule has 3 atom stereocenters. The van der Waals surface area contributed by atoms with Crippen molar-refractivity contribution in [3.05, 3.63) is 76.4 Å². The van der Waals surface area contributed by atoms with Crippen LogP contribution in [0.4, 0.5) is 23.4 Å². The monoisotopic (exact) mass is 616 g/mol. The molecule has 4 rings (SSSR count). The number of ether oxygens (including phenoxy) is 1. The highest BCUT2D eigenvalue weighted by Crippen LogP contribution is 2.40. The molecule has 0 aliphatic heterocycles. The summed E-state index contributed by atoms with van der Waals surface area (Å²) in [7, 11) is -0.588. The van der Waals surface area contributed by atoms with Gasteiger partial charge in [-0.1, -0.05) is 18.2 Å². The van der Waals surface area contributed by atoms with Crippen molar-refractivity contribution < 1.29 is 30.7 Å². The summed E-state index contributed by atoms with van der Waals surface area (Å²) in [5.41, 5.74) is -0.0680. The maximum atomic E-state index is 15.0. The molecule has 204 valence electrons. The third kappa shape index (κ3) is 6.44. The van der Waals surface area contributed by atoms with Crippen LogP contribution in [0.3, 0.4) is 0 Å². The number of sulfonamides is 1. The van der Waals surface area contributed by atoms with E-state index in [-0.39, 0.29) is 28.0 Å². The Kier molecular flexibility index (Phi) is 8.29. The minimum absolute atomic E-state index is 0.0118. The molecule has 0 radical (unpaired) electrons. The molecule has 0 saturated heterocycles. The number of alkyl halides is 3. The van der Waals surface area contributed by atoms with Gasteiger partial charge in [0.2, 0.25) is 0 Å². The first-order chi connectivity index (χ1) is 17.8. The minimum atomic E-state index is -4.42. The zero-order chi connectivity index (χ0) is 27.7. The van der Waals surface area contributed by atoms with E-state index in [4.69, 9.17) is 4.74 Å². The summed E-state index contributed by atoms with van der Waals surface area (Å²) in [5.74, 6) is -1.01. The smallest absolute Gasteiger partial charge is 0.416 e. The molecule has 0 unspecified atom stereocenters. The predicted molar refractivity (Wildman–Crippen MR) is 137 cm³/mol. The Hall–Kier alpha value is -2.77. The number of halogens is 5. The fraction of sp³-hybridized carbons (Fsp3) is 0.360. The summed E-state index contributed by atoms with van der Waals surface area (Å²) in [6.45, 7) is 0. The zero-order valence-corrected chi connectivity index (χ0v) is 22.8. The van der Waals surface area contributed by atoms with E-state index in [2.05, 4.69) is 30.6 Å². The van der Waals surface area contributed by atoms with Crippen molar-refractivity contribution in [3.63, 3.8) is 0 Å². The number of hydrogen-bond acceptors (Lipinski definition) is 6. The van der Waals surface area contributed by atoms with Crippen molar-refractivity contribution in [1.29, 1.82) is 0 Å². The largest absolute Gasteiger partial charge is 0.488 e. The normalized spacial score (nSPS) is 20.4. The van der Waals surface area contributed by atoms with Gasteiger partial charge in [-0.3, -0.25) is 4.72 Å². The third-order valence-corrected chi connectivity index (χ3v) is 8.47. The lowest BCUT2D eigenvalue weighted by atomic mass is 9.79. The molecule has 0 amide bonds. The molecule has 1 aromatic heterocycles. The number of nitrogens with zero attached hydrogens (tertiary/aromatic N) is 3. The average Bonchev–Trinajstić information content (AvgIpc) is 2.86. The van der Waals surface area contributed by atoms with Crippen molar-refractivity contribution in [1.82, 2.24) is 14.9 Å². The van der Waals surface area contributed by atoms with Crippen LogP contribution >= 0.6 is 15.9 Å². The van der Waals surface area contributed by atoms with Crippen LogP contribution in [-0.2, 0) is 16.2 Å². The number of aromatic nitrogens is 2. The Balaban J connectivity index is 1.52. The zero-order valence-electron chi connectivity index (χ0n) is 20.4. The van der Waals surface area contributed by atoms with E-state index in [9.17, 15) is 21.6 Å². The highest BCUT2D eigenvalue weighted by molar-refractivity contribution is 9.10. The van der Waals surface area contributed by atoms with Crippen LogP contribution in [0.15, 0.2) is 64.4 Å². The van der Waals surface area contributed by atoms with E-state index in [0.29, 0.717) is 24.8 Å². The standard InChI is InChI=1S/C25H25BrF4N4O3S/c1-34(2)20-11-16(15-4-3-5-17(10-15)25(28,29)30)6-7-21(20)37-22-13-19(27)23(12-18(22)26)38(35,36)33-24-8-9-31-14-32-24/h3-5,8-10,12-14,16,20-21H,6-7,11H2,1-2H3,(H,31,32,33)/t16-,20-,21-/m0/s1. The van der Waals surface area contributed by atoms with Crippen molar-refractivity contribution >= 4 is 31.8 Å². The summed E-state index contributed by atoms with van der Waals surface area (Å²) < 4.78 is 88.7. The molecule has 0 spiro atoms. The molecule has 38 heavy (non-hydrogen) atoms.